The minimum absolute atomic E-state index is 0. The standard InChI is InChI=1S/C12H17NO4.ClH/c1-3-17-12(15)7-10(13)9-5-4-8(16-2)6-11(9)14;/h4-6,10,14H,3,7,13H2,1-2H3;1H/t10-;/m0./s1. The van der Waals surface area contributed by atoms with Crippen molar-refractivity contribution in [3.8, 4) is 11.5 Å². The lowest BCUT2D eigenvalue weighted by Gasteiger charge is -2.13. The van der Waals surface area contributed by atoms with Crippen molar-refractivity contribution in [1.29, 1.82) is 0 Å². The molecule has 0 saturated heterocycles. The van der Waals surface area contributed by atoms with Gasteiger partial charge in [0.15, 0.2) is 0 Å². The molecule has 0 aromatic heterocycles. The van der Waals surface area contributed by atoms with Crippen LogP contribution in [0.15, 0.2) is 18.2 Å². The Morgan fingerprint density at radius 1 is 1.50 bits per heavy atom. The first kappa shape index (κ1) is 16.5. The first-order valence-corrected chi connectivity index (χ1v) is 5.36. The van der Waals surface area contributed by atoms with Gasteiger partial charge in [-0.15, -0.1) is 12.4 Å². The Labute approximate surface area is 112 Å². The largest absolute Gasteiger partial charge is 0.507 e. The van der Waals surface area contributed by atoms with Gasteiger partial charge >= 0.3 is 5.97 Å². The monoisotopic (exact) mass is 275 g/mol. The maximum atomic E-state index is 11.3. The van der Waals surface area contributed by atoms with Gasteiger partial charge in [0.2, 0.25) is 0 Å². The molecule has 0 aliphatic rings. The molecule has 3 N–H and O–H groups in total. The molecule has 0 unspecified atom stereocenters. The predicted octanol–water partition coefficient (Wildman–Crippen LogP) is 1.78. The number of rotatable bonds is 5. The lowest BCUT2D eigenvalue weighted by atomic mass is 10.0. The van der Waals surface area contributed by atoms with Gasteiger partial charge in [0, 0.05) is 17.7 Å². The Hall–Kier alpha value is -1.46. The molecule has 6 heteroatoms. The number of carbonyl (C=O) groups excluding carboxylic acids is 1. The van der Waals surface area contributed by atoms with Crippen molar-refractivity contribution in [1.82, 2.24) is 0 Å². The summed E-state index contributed by atoms with van der Waals surface area (Å²) in [5.74, 6) is 0.172. The van der Waals surface area contributed by atoms with Gasteiger partial charge in [-0.05, 0) is 13.0 Å². The number of methoxy groups -OCH3 is 1. The molecule has 1 rings (SSSR count). The molecule has 0 aliphatic heterocycles. The Kier molecular flexibility index (Phi) is 7.16. The van der Waals surface area contributed by atoms with Crippen molar-refractivity contribution in [3.63, 3.8) is 0 Å². The van der Waals surface area contributed by atoms with Gasteiger partial charge in [-0.3, -0.25) is 4.79 Å². The average Bonchev–Trinajstić information content (AvgIpc) is 2.28. The van der Waals surface area contributed by atoms with Gasteiger partial charge in [-0.25, -0.2) is 0 Å². The Morgan fingerprint density at radius 3 is 2.67 bits per heavy atom. The third kappa shape index (κ3) is 4.43. The molecule has 0 heterocycles. The maximum Gasteiger partial charge on any atom is 0.307 e. The fourth-order valence-electron chi connectivity index (χ4n) is 1.47. The van der Waals surface area contributed by atoms with Crippen LogP contribution in [0.2, 0.25) is 0 Å². The molecular formula is C12H18ClNO4. The average molecular weight is 276 g/mol. The highest BCUT2D eigenvalue weighted by molar-refractivity contribution is 5.85. The van der Waals surface area contributed by atoms with Gasteiger partial charge in [-0.2, -0.15) is 0 Å². The van der Waals surface area contributed by atoms with Crippen molar-refractivity contribution in [2.24, 2.45) is 5.73 Å². The molecule has 0 saturated carbocycles. The minimum atomic E-state index is -0.583. The lowest BCUT2D eigenvalue weighted by molar-refractivity contribution is -0.143. The van der Waals surface area contributed by atoms with Crippen LogP contribution < -0.4 is 10.5 Å². The second kappa shape index (κ2) is 7.79. The smallest absolute Gasteiger partial charge is 0.307 e. The van der Waals surface area contributed by atoms with Crippen LogP contribution in [-0.4, -0.2) is 24.8 Å². The van der Waals surface area contributed by atoms with E-state index in [9.17, 15) is 9.90 Å². The molecule has 1 atom stereocenters. The third-order valence-electron chi connectivity index (χ3n) is 2.33. The molecule has 0 amide bonds. The summed E-state index contributed by atoms with van der Waals surface area (Å²) in [6.45, 7) is 2.05. The number of carbonyl (C=O) groups is 1. The topological polar surface area (TPSA) is 81.8 Å². The number of benzene rings is 1. The zero-order valence-corrected chi connectivity index (χ0v) is 11.2. The zero-order valence-electron chi connectivity index (χ0n) is 10.4. The van der Waals surface area contributed by atoms with Crippen LogP contribution in [0.3, 0.4) is 0 Å². The first-order valence-electron chi connectivity index (χ1n) is 5.36. The maximum absolute atomic E-state index is 11.3. The minimum Gasteiger partial charge on any atom is -0.507 e. The van der Waals surface area contributed by atoms with E-state index in [2.05, 4.69) is 0 Å². The molecule has 5 nitrogen and oxygen atoms in total. The number of aromatic hydroxyl groups is 1. The Morgan fingerprint density at radius 2 is 2.17 bits per heavy atom. The van der Waals surface area contributed by atoms with E-state index in [1.165, 1.54) is 13.2 Å². The van der Waals surface area contributed by atoms with E-state index in [1.807, 2.05) is 0 Å². The lowest BCUT2D eigenvalue weighted by Crippen LogP contribution is -2.17. The van der Waals surface area contributed by atoms with Crippen LogP contribution in [0.1, 0.15) is 24.9 Å². The number of phenols is 1. The summed E-state index contributed by atoms with van der Waals surface area (Å²) in [5.41, 5.74) is 6.32. The highest BCUT2D eigenvalue weighted by Crippen LogP contribution is 2.28. The molecule has 0 bridgehead atoms. The van der Waals surface area contributed by atoms with E-state index in [4.69, 9.17) is 15.2 Å². The summed E-state index contributed by atoms with van der Waals surface area (Å²) < 4.78 is 9.75. The molecule has 0 fully saturated rings. The highest BCUT2D eigenvalue weighted by Gasteiger charge is 2.16. The molecule has 102 valence electrons. The van der Waals surface area contributed by atoms with E-state index in [0.717, 1.165) is 0 Å². The van der Waals surface area contributed by atoms with Crippen LogP contribution in [0.25, 0.3) is 0 Å². The van der Waals surface area contributed by atoms with Crippen molar-refractivity contribution in [2.45, 2.75) is 19.4 Å². The Bertz CT molecular complexity index is 398. The summed E-state index contributed by atoms with van der Waals surface area (Å²) in [6.07, 6.45) is 0.0354. The molecule has 0 spiro atoms. The van der Waals surface area contributed by atoms with Crippen molar-refractivity contribution >= 4 is 18.4 Å². The second-order valence-electron chi connectivity index (χ2n) is 3.54. The van der Waals surface area contributed by atoms with Crippen LogP contribution in [-0.2, 0) is 9.53 Å². The molecule has 1 aromatic carbocycles. The van der Waals surface area contributed by atoms with Crippen LogP contribution in [0, 0.1) is 0 Å². The SMILES string of the molecule is CCOC(=O)C[C@H](N)c1ccc(OC)cc1O.Cl. The van der Waals surface area contributed by atoms with Gasteiger partial charge < -0.3 is 20.3 Å². The molecule has 0 aliphatic carbocycles. The first-order chi connectivity index (χ1) is 8.08. The molecule has 18 heavy (non-hydrogen) atoms. The highest BCUT2D eigenvalue weighted by atomic mass is 35.5. The normalized spacial score (nSPS) is 11.3. The fraction of sp³-hybridized carbons (Fsp3) is 0.417. The van der Waals surface area contributed by atoms with Gasteiger partial charge in [0.25, 0.3) is 0 Å². The van der Waals surface area contributed by atoms with E-state index in [1.54, 1.807) is 19.1 Å². The summed E-state index contributed by atoms with van der Waals surface area (Å²) in [7, 11) is 1.51. The van der Waals surface area contributed by atoms with Crippen LogP contribution >= 0.6 is 12.4 Å². The third-order valence-corrected chi connectivity index (χ3v) is 2.33. The van der Waals surface area contributed by atoms with E-state index >= 15 is 0 Å². The fourth-order valence-corrected chi connectivity index (χ4v) is 1.47. The van der Waals surface area contributed by atoms with E-state index in [0.29, 0.717) is 17.9 Å². The second-order valence-corrected chi connectivity index (χ2v) is 3.54. The van der Waals surface area contributed by atoms with Crippen molar-refractivity contribution < 1.29 is 19.4 Å². The number of phenolic OH excluding ortho intramolecular Hbond substituents is 1. The number of halogens is 1. The van der Waals surface area contributed by atoms with Crippen LogP contribution in [0.4, 0.5) is 0 Å². The summed E-state index contributed by atoms with van der Waals surface area (Å²) in [6, 6.07) is 4.19. The van der Waals surface area contributed by atoms with Crippen LogP contribution in [0.5, 0.6) is 11.5 Å². The number of ether oxygens (including phenoxy) is 2. The summed E-state index contributed by atoms with van der Waals surface area (Å²) in [4.78, 5) is 11.3. The summed E-state index contributed by atoms with van der Waals surface area (Å²) in [5, 5.41) is 9.72. The summed E-state index contributed by atoms with van der Waals surface area (Å²) >= 11 is 0. The van der Waals surface area contributed by atoms with Gasteiger partial charge in [0.1, 0.15) is 11.5 Å². The number of esters is 1. The number of hydrogen-bond donors (Lipinski definition) is 2. The van der Waals surface area contributed by atoms with Crippen molar-refractivity contribution in [2.75, 3.05) is 13.7 Å². The zero-order chi connectivity index (χ0) is 12.8. The predicted molar refractivity (Wildman–Crippen MR) is 70.1 cm³/mol. The van der Waals surface area contributed by atoms with E-state index < -0.39 is 6.04 Å². The number of nitrogens with two attached hydrogens (primary N) is 1. The Balaban J connectivity index is 0.00000289. The quantitative estimate of drug-likeness (QED) is 0.801. The molecular weight excluding hydrogens is 258 g/mol. The van der Waals surface area contributed by atoms with Crippen molar-refractivity contribution in [3.05, 3.63) is 23.8 Å². The van der Waals surface area contributed by atoms with Gasteiger partial charge in [0.05, 0.1) is 20.1 Å². The molecule has 0 radical (unpaired) electrons. The molecule has 1 aromatic rings. The number of hydrogen-bond acceptors (Lipinski definition) is 5. The van der Waals surface area contributed by atoms with E-state index in [-0.39, 0.29) is 30.5 Å². The van der Waals surface area contributed by atoms with Gasteiger partial charge in [-0.1, -0.05) is 6.07 Å².